The van der Waals surface area contributed by atoms with E-state index in [1.165, 1.54) is 4.90 Å². The molecule has 1 amide bonds. The molecule has 2 saturated heterocycles. The Bertz CT molecular complexity index is 999. The summed E-state index contributed by atoms with van der Waals surface area (Å²) in [5, 5.41) is 12.4. The van der Waals surface area contributed by atoms with Crippen molar-refractivity contribution in [2.45, 2.75) is 38.3 Å². The molecule has 7 nitrogen and oxygen atoms in total. The molecule has 2 aromatic rings. The predicted molar refractivity (Wildman–Crippen MR) is 108 cm³/mol. The zero-order valence-corrected chi connectivity index (χ0v) is 17.0. The van der Waals surface area contributed by atoms with Gasteiger partial charge in [-0.1, -0.05) is 6.92 Å². The van der Waals surface area contributed by atoms with Gasteiger partial charge in [-0.3, -0.25) is 19.7 Å². The summed E-state index contributed by atoms with van der Waals surface area (Å²) in [6, 6.07) is 5.07. The van der Waals surface area contributed by atoms with Crippen LogP contribution in [0.1, 0.15) is 25.8 Å². The van der Waals surface area contributed by atoms with Crippen molar-refractivity contribution in [1.29, 1.82) is 5.26 Å². The summed E-state index contributed by atoms with van der Waals surface area (Å²) in [4.78, 5) is 25.0. The van der Waals surface area contributed by atoms with E-state index >= 15 is 0 Å². The van der Waals surface area contributed by atoms with Crippen LogP contribution in [-0.4, -0.2) is 65.0 Å². The van der Waals surface area contributed by atoms with Gasteiger partial charge in [0.25, 0.3) is 5.92 Å². The number of nitriles is 1. The highest BCUT2D eigenvalue weighted by Gasteiger charge is 2.47. The predicted octanol–water partition coefficient (Wildman–Crippen LogP) is 2.17. The molecule has 1 N–H and O–H groups in total. The van der Waals surface area contributed by atoms with Gasteiger partial charge >= 0.3 is 0 Å². The van der Waals surface area contributed by atoms with Crippen molar-refractivity contribution in [3.63, 3.8) is 0 Å². The summed E-state index contributed by atoms with van der Waals surface area (Å²) >= 11 is 0. The second-order valence-corrected chi connectivity index (χ2v) is 8.39. The minimum atomic E-state index is -2.69. The molecule has 1 aromatic heterocycles. The molecule has 9 heteroatoms. The molecule has 1 unspecified atom stereocenters. The number of piperidine rings is 1. The first kappa shape index (κ1) is 20.4. The molecule has 2 aliphatic heterocycles. The van der Waals surface area contributed by atoms with Crippen LogP contribution in [0.4, 0.5) is 14.5 Å². The van der Waals surface area contributed by atoms with Crippen LogP contribution < -0.4 is 10.2 Å². The molecular weight excluding hydrogens is 390 g/mol. The number of anilines is 1. The summed E-state index contributed by atoms with van der Waals surface area (Å²) in [6.07, 6.45) is 3.98. The first-order valence-electron chi connectivity index (χ1n) is 10.1. The van der Waals surface area contributed by atoms with Gasteiger partial charge in [-0.2, -0.15) is 5.26 Å². The van der Waals surface area contributed by atoms with Crippen molar-refractivity contribution >= 4 is 22.6 Å². The van der Waals surface area contributed by atoms with Crippen LogP contribution in [0.15, 0.2) is 24.5 Å². The quantitative estimate of drug-likeness (QED) is 0.826. The largest absolute Gasteiger partial charge is 0.367 e. The number of carbonyl (C=O) groups is 1. The molecule has 0 aliphatic carbocycles. The number of amides is 1. The molecule has 1 aromatic carbocycles. The maximum absolute atomic E-state index is 13.1. The average Bonchev–Trinajstić information content (AvgIpc) is 2.70. The number of carbonyl (C=O) groups excluding carboxylic acids is 1. The lowest BCUT2D eigenvalue weighted by Crippen LogP contribution is -2.63. The molecule has 0 radical (unpaired) electrons. The van der Waals surface area contributed by atoms with Gasteiger partial charge in [0, 0.05) is 31.5 Å². The van der Waals surface area contributed by atoms with Crippen molar-refractivity contribution in [3.05, 3.63) is 30.1 Å². The Hall–Kier alpha value is -2.86. The first-order chi connectivity index (χ1) is 14.3. The van der Waals surface area contributed by atoms with E-state index in [-0.39, 0.29) is 25.0 Å². The molecule has 3 atom stereocenters. The van der Waals surface area contributed by atoms with Gasteiger partial charge in [0.05, 0.1) is 30.4 Å². The molecule has 4 rings (SSSR count). The van der Waals surface area contributed by atoms with Crippen molar-refractivity contribution in [2.24, 2.45) is 5.92 Å². The minimum absolute atomic E-state index is 0.104. The molecule has 3 heterocycles. The number of fused-ring (bicyclic) bond motifs is 1. The first-order valence-corrected chi connectivity index (χ1v) is 10.1. The summed E-state index contributed by atoms with van der Waals surface area (Å²) in [5.41, 5.74) is 2.56. The van der Waals surface area contributed by atoms with Gasteiger partial charge in [0.15, 0.2) is 0 Å². The van der Waals surface area contributed by atoms with Crippen molar-refractivity contribution in [3.8, 4) is 6.07 Å². The topological polar surface area (TPSA) is 85.2 Å². The Morgan fingerprint density at radius 3 is 2.63 bits per heavy atom. The van der Waals surface area contributed by atoms with Crippen LogP contribution in [0, 0.1) is 17.2 Å². The smallest absolute Gasteiger partial charge is 0.272 e. The Morgan fingerprint density at radius 2 is 1.97 bits per heavy atom. The number of hydrogen-bond donors (Lipinski definition) is 1. The third-order valence-corrected chi connectivity index (χ3v) is 5.87. The fourth-order valence-corrected chi connectivity index (χ4v) is 4.35. The Kier molecular flexibility index (Phi) is 5.28. The van der Waals surface area contributed by atoms with Gasteiger partial charge < -0.3 is 10.2 Å². The van der Waals surface area contributed by atoms with Crippen LogP contribution in [-0.2, 0) is 4.79 Å². The maximum atomic E-state index is 13.1. The molecule has 158 valence electrons. The number of alkyl halides is 2. The average molecular weight is 414 g/mol. The lowest BCUT2D eigenvalue weighted by Gasteiger charge is -2.43. The van der Waals surface area contributed by atoms with Crippen molar-refractivity contribution in [1.82, 2.24) is 20.2 Å². The van der Waals surface area contributed by atoms with Gasteiger partial charge in [0.1, 0.15) is 17.1 Å². The lowest BCUT2D eigenvalue weighted by molar-refractivity contribution is -0.156. The molecule has 2 fully saturated rings. The SMILES string of the molecule is CC(C(=O)N[C@@H]1C[C@H](C)CN(c2ccc(C#N)c3nccnc23)C1)N1CC(F)(F)C1. The highest BCUT2D eigenvalue weighted by Crippen LogP contribution is 2.31. The minimum Gasteiger partial charge on any atom is -0.367 e. The fourth-order valence-electron chi connectivity index (χ4n) is 4.35. The van der Waals surface area contributed by atoms with Gasteiger partial charge in [-0.15, -0.1) is 0 Å². The van der Waals surface area contributed by atoms with E-state index in [4.69, 9.17) is 0 Å². The van der Waals surface area contributed by atoms with Gasteiger partial charge in [0.2, 0.25) is 5.91 Å². The maximum Gasteiger partial charge on any atom is 0.272 e. The number of rotatable bonds is 4. The van der Waals surface area contributed by atoms with Gasteiger partial charge in [-0.05, 0) is 31.4 Å². The lowest BCUT2D eigenvalue weighted by atomic mass is 9.94. The number of benzene rings is 1. The molecule has 30 heavy (non-hydrogen) atoms. The van der Waals surface area contributed by atoms with E-state index < -0.39 is 12.0 Å². The van der Waals surface area contributed by atoms with Crippen molar-refractivity contribution < 1.29 is 13.6 Å². The van der Waals surface area contributed by atoms with E-state index in [1.54, 1.807) is 25.4 Å². The Balaban J connectivity index is 1.50. The van der Waals surface area contributed by atoms with Crippen LogP contribution in [0.3, 0.4) is 0 Å². The molecular formula is C21H24F2N6O. The van der Waals surface area contributed by atoms with E-state index in [2.05, 4.69) is 33.2 Å². The third-order valence-electron chi connectivity index (χ3n) is 5.87. The number of hydrogen-bond acceptors (Lipinski definition) is 6. The second kappa shape index (κ2) is 7.76. The van der Waals surface area contributed by atoms with Crippen molar-refractivity contribution in [2.75, 3.05) is 31.1 Å². The Labute approximate surface area is 173 Å². The van der Waals surface area contributed by atoms with Crippen LogP contribution in [0.5, 0.6) is 0 Å². The van der Waals surface area contributed by atoms with E-state index in [0.717, 1.165) is 18.7 Å². The second-order valence-electron chi connectivity index (χ2n) is 8.39. The third kappa shape index (κ3) is 3.92. The van der Waals surface area contributed by atoms with E-state index in [0.29, 0.717) is 29.1 Å². The van der Waals surface area contributed by atoms with Crippen LogP contribution in [0.2, 0.25) is 0 Å². The summed E-state index contributed by atoms with van der Waals surface area (Å²) in [5.74, 6) is -2.60. The fraction of sp³-hybridized carbons (Fsp3) is 0.524. The number of halogens is 2. The molecule has 0 bridgehead atoms. The van der Waals surface area contributed by atoms with E-state index in [1.807, 2.05) is 6.07 Å². The van der Waals surface area contributed by atoms with Gasteiger partial charge in [-0.25, -0.2) is 8.78 Å². The number of aromatic nitrogens is 2. The highest BCUT2D eigenvalue weighted by molar-refractivity contribution is 5.92. The summed E-state index contributed by atoms with van der Waals surface area (Å²) in [6.45, 7) is 4.41. The van der Waals surface area contributed by atoms with Crippen LogP contribution >= 0.6 is 0 Å². The highest BCUT2D eigenvalue weighted by atomic mass is 19.3. The standard InChI is InChI=1S/C21H24F2N6O/c1-13-7-16(27-20(30)14(2)29-11-21(22,23)12-29)10-28(9-13)17-4-3-15(8-24)18-19(17)26-6-5-25-18/h3-6,13-14,16H,7,9-12H2,1-2H3,(H,27,30)/t13-,14?,16+/m0/s1. The zero-order chi connectivity index (χ0) is 21.5. The normalized spacial score (nSPS) is 24.7. The molecule has 0 spiro atoms. The molecule has 0 saturated carbocycles. The summed E-state index contributed by atoms with van der Waals surface area (Å²) < 4.78 is 26.3. The van der Waals surface area contributed by atoms with Crippen LogP contribution in [0.25, 0.3) is 11.0 Å². The number of nitrogens with one attached hydrogen (secondary N) is 1. The van der Waals surface area contributed by atoms with E-state index in [9.17, 15) is 18.8 Å². The monoisotopic (exact) mass is 414 g/mol. The number of likely N-dealkylation sites (tertiary alicyclic amines) is 1. The molecule has 2 aliphatic rings. The Morgan fingerprint density at radius 1 is 1.27 bits per heavy atom. The zero-order valence-electron chi connectivity index (χ0n) is 17.0. The number of nitrogens with zero attached hydrogens (tertiary/aromatic N) is 5. The summed E-state index contributed by atoms with van der Waals surface area (Å²) in [7, 11) is 0.